The molecule has 0 spiro atoms. The minimum absolute atomic E-state index is 0.0937. The second-order valence-electron chi connectivity index (χ2n) is 2.86. The average molecular weight is 169 g/mol. The van der Waals surface area contributed by atoms with Gasteiger partial charge in [-0.1, -0.05) is 6.92 Å². The van der Waals surface area contributed by atoms with Gasteiger partial charge in [0.25, 0.3) is 0 Å². The monoisotopic (exact) mass is 169 g/mol. The number of nitrogens with two attached hydrogens (primary N) is 1. The molecule has 3 heteroatoms. The molecule has 0 aromatic carbocycles. The maximum Gasteiger partial charge on any atom is 0.132 e. The maximum absolute atomic E-state index is 9.70. The lowest BCUT2D eigenvalue weighted by Crippen LogP contribution is -2.20. The normalized spacial score (nSPS) is 15.9. The van der Waals surface area contributed by atoms with Crippen LogP contribution in [-0.2, 0) is 0 Å². The fraction of sp³-hybridized carbons (Fsp3) is 0.556. The molecule has 0 aliphatic carbocycles. The maximum atomic E-state index is 9.70. The Kier molecular flexibility index (Phi) is 3.31. The third kappa shape index (κ3) is 1.87. The fourth-order valence-electron chi connectivity index (χ4n) is 1.21. The first-order chi connectivity index (χ1) is 5.79. The number of rotatable bonds is 4. The van der Waals surface area contributed by atoms with E-state index in [1.807, 2.05) is 6.92 Å². The molecule has 0 radical (unpaired) electrons. The van der Waals surface area contributed by atoms with E-state index in [4.69, 9.17) is 10.2 Å². The molecule has 2 unspecified atom stereocenters. The van der Waals surface area contributed by atoms with Gasteiger partial charge in [0, 0.05) is 5.92 Å². The van der Waals surface area contributed by atoms with Gasteiger partial charge in [-0.2, -0.15) is 0 Å². The number of aliphatic hydroxyl groups is 1. The van der Waals surface area contributed by atoms with Gasteiger partial charge in [-0.3, -0.25) is 0 Å². The van der Waals surface area contributed by atoms with Crippen LogP contribution in [-0.4, -0.2) is 11.7 Å². The zero-order valence-corrected chi connectivity index (χ0v) is 7.23. The number of hydrogen-bond acceptors (Lipinski definition) is 3. The average Bonchev–Trinajstić information content (AvgIpc) is 2.58. The summed E-state index contributed by atoms with van der Waals surface area (Å²) in [5.41, 5.74) is 5.49. The molecule has 0 amide bonds. The molecule has 3 N–H and O–H groups in total. The molecule has 0 fully saturated rings. The van der Waals surface area contributed by atoms with Crippen LogP contribution in [0.15, 0.2) is 22.8 Å². The standard InChI is InChI=1S/C9H15NO2/c1-2-7(6-10)9(11)8-4-3-5-12-8/h3-5,7,9,11H,2,6,10H2,1H3. The molecule has 0 aliphatic heterocycles. The van der Waals surface area contributed by atoms with E-state index in [0.29, 0.717) is 12.3 Å². The summed E-state index contributed by atoms with van der Waals surface area (Å²) in [6, 6.07) is 3.53. The Balaban J connectivity index is 2.63. The van der Waals surface area contributed by atoms with Crippen molar-refractivity contribution in [3.8, 4) is 0 Å². The molecule has 3 nitrogen and oxygen atoms in total. The van der Waals surface area contributed by atoms with Crippen LogP contribution in [0.5, 0.6) is 0 Å². The van der Waals surface area contributed by atoms with Crippen LogP contribution in [0.3, 0.4) is 0 Å². The van der Waals surface area contributed by atoms with E-state index in [1.165, 1.54) is 0 Å². The lowest BCUT2D eigenvalue weighted by Gasteiger charge is -2.17. The van der Waals surface area contributed by atoms with Gasteiger partial charge in [-0.15, -0.1) is 0 Å². The number of aliphatic hydroxyl groups excluding tert-OH is 1. The highest BCUT2D eigenvalue weighted by atomic mass is 16.4. The van der Waals surface area contributed by atoms with E-state index >= 15 is 0 Å². The fourth-order valence-corrected chi connectivity index (χ4v) is 1.21. The Morgan fingerprint density at radius 1 is 1.67 bits per heavy atom. The van der Waals surface area contributed by atoms with Gasteiger partial charge in [0.1, 0.15) is 11.9 Å². The van der Waals surface area contributed by atoms with Crippen molar-refractivity contribution in [1.82, 2.24) is 0 Å². The molecule has 0 saturated heterocycles. The lowest BCUT2D eigenvalue weighted by molar-refractivity contribution is 0.0874. The molecule has 68 valence electrons. The molecule has 1 heterocycles. The van der Waals surface area contributed by atoms with Crippen molar-refractivity contribution in [2.75, 3.05) is 6.54 Å². The van der Waals surface area contributed by atoms with Crippen molar-refractivity contribution >= 4 is 0 Å². The highest BCUT2D eigenvalue weighted by Crippen LogP contribution is 2.23. The van der Waals surface area contributed by atoms with Crippen LogP contribution in [0.1, 0.15) is 25.2 Å². The molecule has 2 atom stereocenters. The van der Waals surface area contributed by atoms with E-state index in [2.05, 4.69) is 0 Å². The molecular weight excluding hydrogens is 154 g/mol. The molecule has 0 saturated carbocycles. The molecule has 1 aromatic rings. The van der Waals surface area contributed by atoms with Crippen LogP contribution in [0.25, 0.3) is 0 Å². The molecule has 1 aromatic heterocycles. The van der Waals surface area contributed by atoms with Crippen LogP contribution >= 0.6 is 0 Å². The van der Waals surface area contributed by atoms with Crippen molar-refractivity contribution in [3.05, 3.63) is 24.2 Å². The first kappa shape index (κ1) is 9.29. The Bertz CT molecular complexity index is 204. The predicted molar refractivity (Wildman–Crippen MR) is 46.5 cm³/mol. The summed E-state index contributed by atoms with van der Waals surface area (Å²) in [6.45, 7) is 2.49. The van der Waals surface area contributed by atoms with E-state index in [0.717, 1.165) is 6.42 Å². The first-order valence-electron chi connectivity index (χ1n) is 4.21. The Morgan fingerprint density at radius 2 is 2.42 bits per heavy atom. The second-order valence-corrected chi connectivity index (χ2v) is 2.86. The predicted octanol–water partition coefficient (Wildman–Crippen LogP) is 1.30. The van der Waals surface area contributed by atoms with Gasteiger partial charge in [0.05, 0.1) is 6.26 Å². The molecular formula is C9H15NO2. The molecule has 12 heavy (non-hydrogen) atoms. The zero-order valence-electron chi connectivity index (χ0n) is 7.23. The van der Waals surface area contributed by atoms with E-state index in [-0.39, 0.29) is 5.92 Å². The van der Waals surface area contributed by atoms with Crippen LogP contribution in [0, 0.1) is 5.92 Å². The SMILES string of the molecule is CCC(CN)C(O)c1ccco1. The van der Waals surface area contributed by atoms with Gasteiger partial charge in [0.2, 0.25) is 0 Å². The largest absolute Gasteiger partial charge is 0.467 e. The summed E-state index contributed by atoms with van der Waals surface area (Å²) in [7, 11) is 0. The van der Waals surface area contributed by atoms with E-state index < -0.39 is 6.10 Å². The minimum atomic E-state index is -0.560. The number of furan rings is 1. The minimum Gasteiger partial charge on any atom is -0.467 e. The van der Waals surface area contributed by atoms with E-state index in [9.17, 15) is 5.11 Å². The Morgan fingerprint density at radius 3 is 2.83 bits per heavy atom. The summed E-state index contributed by atoms with van der Waals surface area (Å²) >= 11 is 0. The quantitative estimate of drug-likeness (QED) is 0.714. The third-order valence-corrected chi connectivity index (χ3v) is 2.11. The Hall–Kier alpha value is -0.800. The van der Waals surface area contributed by atoms with Gasteiger partial charge in [-0.25, -0.2) is 0 Å². The van der Waals surface area contributed by atoms with Gasteiger partial charge in [-0.05, 0) is 25.1 Å². The summed E-state index contributed by atoms with van der Waals surface area (Å²) in [5.74, 6) is 0.698. The molecule has 0 aliphatic rings. The highest BCUT2D eigenvalue weighted by Gasteiger charge is 2.19. The van der Waals surface area contributed by atoms with Crippen molar-refractivity contribution in [3.63, 3.8) is 0 Å². The number of hydrogen-bond donors (Lipinski definition) is 2. The summed E-state index contributed by atoms with van der Waals surface area (Å²) < 4.78 is 5.07. The van der Waals surface area contributed by atoms with Crippen molar-refractivity contribution < 1.29 is 9.52 Å². The van der Waals surface area contributed by atoms with Crippen LogP contribution in [0.4, 0.5) is 0 Å². The van der Waals surface area contributed by atoms with Crippen molar-refractivity contribution in [1.29, 1.82) is 0 Å². The van der Waals surface area contributed by atoms with Crippen LogP contribution in [0.2, 0.25) is 0 Å². The third-order valence-electron chi connectivity index (χ3n) is 2.11. The van der Waals surface area contributed by atoms with Crippen molar-refractivity contribution in [2.24, 2.45) is 11.7 Å². The molecule has 0 bridgehead atoms. The smallest absolute Gasteiger partial charge is 0.132 e. The summed E-state index contributed by atoms with van der Waals surface area (Å²) in [6.07, 6.45) is 1.86. The van der Waals surface area contributed by atoms with E-state index in [1.54, 1.807) is 18.4 Å². The zero-order chi connectivity index (χ0) is 8.97. The second kappa shape index (κ2) is 4.28. The van der Waals surface area contributed by atoms with Crippen LogP contribution < -0.4 is 5.73 Å². The van der Waals surface area contributed by atoms with Gasteiger partial charge >= 0.3 is 0 Å². The summed E-state index contributed by atoms with van der Waals surface area (Å²) in [4.78, 5) is 0. The Labute approximate surface area is 72.2 Å². The first-order valence-corrected chi connectivity index (χ1v) is 4.21. The highest BCUT2D eigenvalue weighted by molar-refractivity contribution is 5.03. The topological polar surface area (TPSA) is 59.4 Å². The summed E-state index contributed by atoms with van der Waals surface area (Å²) in [5, 5.41) is 9.70. The van der Waals surface area contributed by atoms with Gasteiger partial charge < -0.3 is 15.3 Å². The van der Waals surface area contributed by atoms with Crippen molar-refractivity contribution in [2.45, 2.75) is 19.4 Å². The molecule has 1 rings (SSSR count). The lowest BCUT2D eigenvalue weighted by atomic mass is 9.98. The van der Waals surface area contributed by atoms with Gasteiger partial charge in [0.15, 0.2) is 0 Å².